The largest absolute Gasteiger partial charge is 0.508 e. The minimum Gasteiger partial charge on any atom is -0.508 e. The van der Waals surface area contributed by atoms with Crippen LogP contribution in [0.15, 0.2) is 101 Å². The van der Waals surface area contributed by atoms with E-state index < -0.39 is 34.5 Å². The van der Waals surface area contributed by atoms with Crippen molar-refractivity contribution in [1.29, 1.82) is 0 Å². The second-order valence-corrected chi connectivity index (χ2v) is 12.2. The molecule has 4 radical (unpaired) electrons. The minimum atomic E-state index is -0.970. The summed E-state index contributed by atoms with van der Waals surface area (Å²) in [6.45, 7) is 0. The van der Waals surface area contributed by atoms with Gasteiger partial charge in [-0.2, -0.15) is 0 Å². The third kappa shape index (κ3) is 3.75. The van der Waals surface area contributed by atoms with Gasteiger partial charge in [-0.25, -0.2) is 0 Å². The number of furan rings is 1. The summed E-state index contributed by atoms with van der Waals surface area (Å²) in [5, 5.41) is 73.5. The van der Waals surface area contributed by atoms with Crippen LogP contribution in [0.25, 0.3) is 87.3 Å². The normalized spacial score (nSPS) is 11.9. The summed E-state index contributed by atoms with van der Waals surface area (Å²) in [5.74, 6) is -4.43. The van der Waals surface area contributed by atoms with Gasteiger partial charge in [0.2, 0.25) is 11.5 Å². The molecule has 0 amide bonds. The average Bonchev–Trinajstić information content (AvgIpc) is 3.51. The van der Waals surface area contributed by atoms with Crippen LogP contribution in [0.4, 0.5) is 0 Å². The predicted molar refractivity (Wildman–Crippen MR) is 195 cm³/mol. The van der Waals surface area contributed by atoms with Crippen molar-refractivity contribution in [2.75, 3.05) is 0 Å². The standard InChI is InChI=1S/C40H22B2O7/c41-32-33(42)35(44)30-27(22-11-5-8-17-6-1-3-9-20(17)22)31-29(36(45)38(47)39(48)37(31)46)26(28(30)34(32)43)19-13-15-25-24(16-19)23-14-12-18-7-2-4-10-21(18)40(23)49-25/h1-16,43-48H. The molecule has 230 valence electrons. The van der Waals surface area contributed by atoms with Gasteiger partial charge in [-0.05, 0) is 45.5 Å². The van der Waals surface area contributed by atoms with Gasteiger partial charge < -0.3 is 35.1 Å². The summed E-state index contributed by atoms with van der Waals surface area (Å²) in [7, 11) is 12.6. The quantitative estimate of drug-likeness (QED) is 0.0506. The van der Waals surface area contributed by atoms with Crippen LogP contribution in [0.2, 0.25) is 0 Å². The second-order valence-electron chi connectivity index (χ2n) is 12.2. The topological polar surface area (TPSA) is 135 Å². The van der Waals surface area contributed by atoms with Gasteiger partial charge >= 0.3 is 0 Å². The Balaban J connectivity index is 1.54. The summed E-state index contributed by atoms with van der Waals surface area (Å²) in [5.41, 5.74) is 1.76. The Morgan fingerprint density at radius 2 is 0.980 bits per heavy atom. The molecule has 9 rings (SSSR count). The molecule has 0 bridgehead atoms. The van der Waals surface area contributed by atoms with E-state index in [2.05, 4.69) is 0 Å². The van der Waals surface area contributed by atoms with E-state index in [9.17, 15) is 30.6 Å². The first-order valence-corrected chi connectivity index (χ1v) is 15.4. The Bertz CT molecular complexity index is 2840. The van der Waals surface area contributed by atoms with Crippen LogP contribution >= 0.6 is 0 Å². The smallest absolute Gasteiger partial charge is 0.204 e. The van der Waals surface area contributed by atoms with Crippen molar-refractivity contribution in [3.8, 4) is 56.8 Å². The van der Waals surface area contributed by atoms with Crippen molar-refractivity contribution in [3.05, 3.63) is 97.1 Å². The van der Waals surface area contributed by atoms with E-state index in [1.54, 1.807) is 30.3 Å². The minimum absolute atomic E-state index is 0.00276. The van der Waals surface area contributed by atoms with E-state index in [-0.39, 0.29) is 43.6 Å². The fraction of sp³-hybridized carbons (Fsp3) is 0. The summed E-state index contributed by atoms with van der Waals surface area (Å²) >= 11 is 0. The molecular weight excluding hydrogens is 614 g/mol. The highest BCUT2D eigenvalue weighted by atomic mass is 16.3. The SMILES string of the molecule is [B]c1c([B])c(O)c2c(-c3cccc4ccccc34)c3c(O)c(O)c(O)c(O)c3c(-c3ccc4oc5c6ccccc6ccc5c4c3)c2c1O. The molecule has 49 heavy (non-hydrogen) atoms. The predicted octanol–water partition coefficient (Wildman–Crippen LogP) is 7.35. The first kappa shape index (κ1) is 28.7. The van der Waals surface area contributed by atoms with Crippen LogP contribution in [0.3, 0.4) is 0 Å². The van der Waals surface area contributed by atoms with Gasteiger partial charge in [0.25, 0.3) is 0 Å². The average molecular weight is 636 g/mol. The van der Waals surface area contributed by atoms with Crippen molar-refractivity contribution in [2.24, 2.45) is 0 Å². The van der Waals surface area contributed by atoms with Crippen LogP contribution in [-0.4, -0.2) is 46.3 Å². The Morgan fingerprint density at radius 3 is 1.67 bits per heavy atom. The molecule has 0 aliphatic heterocycles. The zero-order chi connectivity index (χ0) is 33.9. The molecule has 0 aliphatic carbocycles. The maximum atomic E-state index is 11.8. The number of fused-ring (bicyclic) bond motifs is 8. The van der Waals surface area contributed by atoms with Gasteiger partial charge in [0.15, 0.2) is 11.5 Å². The van der Waals surface area contributed by atoms with E-state index in [0.717, 1.165) is 21.5 Å². The fourth-order valence-corrected chi connectivity index (χ4v) is 7.34. The number of hydrogen-bond acceptors (Lipinski definition) is 7. The summed E-state index contributed by atoms with van der Waals surface area (Å²) < 4.78 is 6.32. The number of rotatable bonds is 2. The Labute approximate surface area is 279 Å². The van der Waals surface area contributed by atoms with Gasteiger partial charge in [0.05, 0.1) is 0 Å². The molecule has 7 nitrogen and oxygen atoms in total. The van der Waals surface area contributed by atoms with Crippen LogP contribution in [-0.2, 0) is 0 Å². The molecule has 0 atom stereocenters. The lowest BCUT2D eigenvalue weighted by atomic mass is 9.74. The summed E-state index contributed by atoms with van der Waals surface area (Å²) in [4.78, 5) is 0. The van der Waals surface area contributed by atoms with E-state index >= 15 is 0 Å². The van der Waals surface area contributed by atoms with Crippen molar-refractivity contribution in [3.63, 3.8) is 0 Å². The first-order valence-electron chi connectivity index (χ1n) is 15.4. The Hall–Kier alpha value is -6.47. The number of phenols is 6. The molecule has 9 aromatic rings. The molecule has 1 heterocycles. The maximum absolute atomic E-state index is 11.8. The molecule has 0 fully saturated rings. The first-order chi connectivity index (χ1) is 23.7. The third-order valence-corrected chi connectivity index (χ3v) is 9.63. The highest BCUT2D eigenvalue weighted by Crippen LogP contribution is 2.59. The van der Waals surface area contributed by atoms with Crippen molar-refractivity contribution in [1.82, 2.24) is 0 Å². The molecule has 0 saturated carbocycles. The fourth-order valence-electron chi connectivity index (χ4n) is 7.34. The molecule has 0 unspecified atom stereocenters. The van der Waals surface area contributed by atoms with Crippen molar-refractivity contribution < 1.29 is 35.1 Å². The summed E-state index contributed by atoms with van der Waals surface area (Å²) in [6, 6.07) is 29.8. The van der Waals surface area contributed by atoms with Crippen LogP contribution < -0.4 is 10.9 Å². The number of phenolic OH excluding ortho intramolecular Hbond substituents is 6. The van der Waals surface area contributed by atoms with Gasteiger partial charge in [-0.3, -0.25) is 0 Å². The van der Waals surface area contributed by atoms with Gasteiger partial charge in [-0.1, -0.05) is 89.8 Å². The highest BCUT2D eigenvalue weighted by Gasteiger charge is 2.31. The zero-order valence-corrected chi connectivity index (χ0v) is 25.5. The molecule has 0 saturated heterocycles. The van der Waals surface area contributed by atoms with Crippen molar-refractivity contribution in [2.45, 2.75) is 0 Å². The third-order valence-electron chi connectivity index (χ3n) is 9.63. The molecule has 0 spiro atoms. The molecule has 1 aromatic heterocycles. The Morgan fingerprint density at radius 1 is 0.429 bits per heavy atom. The molecule has 0 aliphatic rings. The van der Waals surface area contributed by atoms with E-state index in [0.29, 0.717) is 33.1 Å². The number of benzene rings is 8. The highest BCUT2D eigenvalue weighted by molar-refractivity contribution is 6.54. The van der Waals surface area contributed by atoms with Gasteiger partial charge in [-0.15, -0.1) is 0 Å². The lowest BCUT2D eigenvalue weighted by Crippen LogP contribution is -2.26. The zero-order valence-electron chi connectivity index (χ0n) is 25.5. The van der Waals surface area contributed by atoms with Gasteiger partial charge in [0.1, 0.15) is 38.4 Å². The number of hydrogen-bond donors (Lipinski definition) is 6. The van der Waals surface area contributed by atoms with E-state index in [1.807, 2.05) is 66.7 Å². The summed E-state index contributed by atoms with van der Waals surface area (Å²) in [6.07, 6.45) is 0. The second kappa shape index (κ2) is 10.0. The molecule has 6 N–H and O–H groups in total. The lowest BCUT2D eigenvalue weighted by molar-refractivity contribution is 0.351. The van der Waals surface area contributed by atoms with Crippen LogP contribution in [0, 0.1) is 0 Å². The lowest BCUT2D eigenvalue weighted by Gasteiger charge is -2.24. The van der Waals surface area contributed by atoms with Crippen LogP contribution in [0.5, 0.6) is 34.5 Å². The molecule has 9 heteroatoms. The van der Waals surface area contributed by atoms with Gasteiger partial charge in [0, 0.05) is 48.8 Å². The van der Waals surface area contributed by atoms with Crippen molar-refractivity contribution >= 4 is 91.6 Å². The van der Waals surface area contributed by atoms with E-state index in [1.165, 1.54) is 0 Å². The molecule has 8 aromatic carbocycles. The maximum Gasteiger partial charge on any atom is 0.204 e. The number of aromatic hydroxyl groups is 6. The Kier molecular flexibility index (Phi) is 5.87. The van der Waals surface area contributed by atoms with E-state index in [4.69, 9.17) is 20.1 Å². The van der Waals surface area contributed by atoms with Crippen LogP contribution in [0.1, 0.15) is 0 Å². The monoisotopic (exact) mass is 636 g/mol. The molecular formula is C40H22B2O7.